The number of rotatable bonds is 7. The molecule has 7 nitrogen and oxygen atoms in total. The van der Waals surface area contributed by atoms with Crippen molar-refractivity contribution >= 4 is 44.3 Å². The van der Waals surface area contributed by atoms with Crippen LogP contribution in [0, 0.1) is 5.82 Å². The van der Waals surface area contributed by atoms with Crippen LogP contribution in [0.2, 0.25) is 5.02 Å². The van der Waals surface area contributed by atoms with E-state index in [4.69, 9.17) is 11.6 Å². The molecular formula is C20H22ClFN4O3S. The lowest BCUT2D eigenvalue weighted by Crippen LogP contribution is -2.22. The summed E-state index contributed by atoms with van der Waals surface area (Å²) in [5.41, 5.74) is 1.39. The molecule has 0 spiro atoms. The van der Waals surface area contributed by atoms with Crippen LogP contribution in [0.25, 0.3) is 11.0 Å². The Hall–Kier alpha value is -2.49. The second-order valence-electron chi connectivity index (χ2n) is 6.88. The summed E-state index contributed by atoms with van der Waals surface area (Å²) in [6, 6.07) is 8.83. The number of carbonyl (C=O) groups excluding carboxylic acids is 1. The van der Waals surface area contributed by atoms with Crippen molar-refractivity contribution in [1.82, 2.24) is 13.9 Å². The molecule has 10 heteroatoms. The number of hydrogen-bond donors (Lipinski definition) is 1. The fourth-order valence-electron chi connectivity index (χ4n) is 3.10. The number of carbonyl (C=O) groups is 1. The van der Waals surface area contributed by atoms with Crippen LogP contribution in [0.1, 0.15) is 19.2 Å². The molecule has 0 aliphatic rings. The van der Waals surface area contributed by atoms with E-state index in [1.54, 1.807) is 12.1 Å². The summed E-state index contributed by atoms with van der Waals surface area (Å²) in [4.78, 5) is 17.0. The topological polar surface area (TPSA) is 84.3 Å². The summed E-state index contributed by atoms with van der Waals surface area (Å²) in [5.74, 6) is -0.313. The van der Waals surface area contributed by atoms with Crippen molar-refractivity contribution in [3.05, 3.63) is 53.1 Å². The van der Waals surface area contributed by atoms with E-state index in [1.165, 1.54) is 32.3 Å². The normalized spacial score (nSPS) is 11.9. The zero-order valence-corrected chi connectivity index (χ0v) is 18.4. The first-order valence-electron chi connectivity index (χ1n) is 9.30. The van der Waals surface area contributed by atoms with E-state index in [0.717, 1.165) is 15.9 Å². The number of nitrogens with zero attached hydrogens (tertiary/aromatic N) is 3. The molecule has 0 unspecified atom stereocenters. The average Bonchev–Trinajstić information content (AvgIpc) is 3.05. The Balaban J connectivity index is 1.81. The number of fused-ring (bicyclic) bond motifs is 1. The van der Waals surface area contributed by atoms with E-state index < -0.39 is 15.8 Å². The molecule has 0 aliphatic carbocycles. The minimum atomic E-state index is -3.57. The molecule has 0 saturated heterocycles. The van der Waals surface area contributed by atoms with Gasteiger partial charge in [0.1, 0.15) is 11.6 Å². The van der Waals surface area contributed by atoms with Gasteiger partial charge in [-0.2, -0.15) is 0 Å². The Morgan fingerprint density at radius 2 is 1.97 bits per heavy atom. The highest BCUT2D eigenvalue weighted by Gasteiger charge is 2.20. The summed E-state index contributed by atoms with van der Waals surface area (Å²) < 4.78 is 41.7. The number of benzene rings is 2. The second-order valence-corrected chi connectivity index (χ2v) is 9.47. The smallest absolute Gasteiger partial charge is 0.242 e. The summed E-state index contributed by atoms with van der Waals surface area (Å²) in [6.07, 6.45) is 0.410. The van der Waals surface area contributed by atoms with Crippen molar-refractivity contribution in [2.75, 3.05) is 19.4 Å². The minimum Gasteiger partial charge on any atom is -0.328 e. The molecule has 0 aliphatic heterocycles. The molecule has 3 aromatic rings. The van der Waals surface area contributed by atoms with Crippen molar-refractivity contribution in [2.24, 2.45) is 0 Å². The maximum atomic E-state index is 13.9. The van der Waals surface area contributed by atoms with Gasteiger partial charge in [-0.3, -0.25) is 4.79 Å². The molecule has 0 atom stereocenters. The molecular weight excluding hydrogens is 431 g/mol. The van der Waals surface area contributed by atoms with Gasteiger partial charge in [-0.1, -0.05) is 11.6 Å². The van der Waals surface area contributed by atoms with Crippen LogP contribution in [-0.2, 0) is 27.8 Å². The molecule has 0 saturated carbocycles. The Kier molecular flexibility index (Phi) is 6.44. The third kappa shape index (κ3) is 4.48. The Morgan fingerprint density at radius 1 is 1.23 bits per heavy atom. The Labute approximate surface area is 179 Å². The summed E-state index contributed by atoms with van der Waals surface area (Å²) in [6.45, 7) is 2.55. The molecule has 1 amide bonds. The van der Waals surface area contributed by atoms with Gasteiger partial charge in [0.2, 0.25) is 15.9 Å². The van der Waals surface area contributed by atoms with Crippen LogP contribution in [0.5, 0.6) is 0 Å². The van der Waals surface area contributed by atoms with Gasteiger partial charge in [0.15, 0.2) is 0 Å². The second kappa shape index (κ2) is 8.71. The quantitative estimate of drug-likeness (QED) is 0.592. The molecule has 0 radical (unpaired) electrons. The summed E-state index contributed by atoms with van der Waals surface area (Å²) >= 11 is 5.72. The van der Waals surface area contributed by atoms with Crippen molar-refractivity contribution in [2.45, 2.75) is 31.2 Å². The van der Waals surface area contributed by atoms with Gasteiger partial charge in [0, 0.05) is 38.5 Å². The average molecular weight is 453 g/mol. The highest BCUT2D eigenvalue weighted by molar-refractivity contribution is 7.89. The van der Waals surface area contributed by atoms with Gasteiger partial charge >= 0.3 is 0 Å². The number of imidazole rings is 1. The Morgan fingerprint density at radius 3 is 2.60 bits per heavy atom. The van der Waals surface area contributed by atoms with Crippen LogP contribution in [0.3, 0.4) is 0 Å². The molecule has 1 aromatic heterocycles. The number of halogens is 2. The molecule has 1 N–H and O–H groups in total. The van der Waals surface area contributed by atoms with E-state index in [-0.39, 0.29) is 27.9 Å². The van der Waals surface area contributed by atoms with E-state index in [1.807, 2.05) is 11.5 Å². The van der Waals surface area contributed by atoms with E-state index >= 15 is 0 Å². The highest BCUT2D eigenvalue weighted by Crippen LogP contribution is 2.23. The molecule has 160 valence electrons. The summed E-state index contributed by atoms with van der Waals surface area (Å²) in [5, 5.41) is 2.77. The monoisotopic (exact) mass is 452 g/mol. The number of nitrogens with one attached hydrogen (secondary N) is 1. The number of aromatic nitrogens is 2. The van der Waals surface area contributed by atoms with Crippen molar-refractivity contribution in [3.63, 3.8) is 0 Å². The minimum absolute atomic E-state index is 0.0620. The van der Waals surface area contributed by atoms with E-state index in [0.29, 0.717) is 24.3 Å². The lowest BCUT2D eigenvalue weighted by molar-refractivity contribution is -0.116. The van der Waals surface area contributed by atoms with Gasteiger partial charge in [-0.05, 0) is 43.3 Å². The van der Waals surface area contributed by atoms with Crippen LogP contribution < -0.4 is 5.32 Å². The maximum Gasteiger partial charge on any atom is 0.242 e. The van der Waals surface area contributed by atoms with Gasteiger partial charge < -0.3 is 9.88 Å². The fraction of sp³-hybridized carbons (Fsp3) is 0.300. The number of amides is 1. The van der Waals surface area contributed by atoms with Crippen molar-refractivity contribution in [3.8, 4) is 0 Å². The van der Waals surface area contributed by atoms with E-state index in [2.05, 4.69) is 10.3 Å². The third-order valence-corrected chi connectivity index (χ3v) is 6.72. The molecule has 30 heavy (non-hydrogen) atoms. The predicted octanol–water partition coefficient (Wildman–Crippen LogP) is 3.67. The Bertz CT molecular complexity index is 1210. The maximum absolute atomic E-state index is 13.9. The summed E-state index contributed by atoms with van der Waals surface area (Å²) in [7, 11) is -0.631. The van der Waals surface area contributed by atoms with Crippen molar-refractivity contribution < 1.29 is 17.6 Å². The van der Waals surface area contributed by atoms with Gasteiger partial charge in [0.25, 0.3) is 0 Å². The number of hydrogen-bond acceptors (Lipinski definition) is 4. The standard InChI is InChI=1S/C20H22ClFN4O3S/c1-4-26-18-8-6-14(30(28,29)25(2)3)12-17(18)23-19(26)9-10-20(27)24-16-7-5-13(21)11-15(16)22/h5-8,11-12H,4,9-10H2,1-3H3,(H,24,27). The number of anilines is 1. The largest absolute Gasteiger partial charge is 0.328 e. The van der Waals surface area contributed by atoms with Gasteiger partial charge in [0.05, 0.1) is 21.6 Å². The fourth-order valence-corrected chi connectivity index (χ4v) is 4.18. The van der Waals surface area contributed by atoms with Crippen LogP contribution >= 0.6 is 11.6 Å². The first kappa shape index (κ1) is 22.2. The van der Waals surface area contributed by atoms with Crippen molar-refractivity contribution in [1.29, 1.82) is 0 Å². The first-order chi connectivity index (χ1) is 14.1. The highest BCUT2D eigenvalue weighted by atomic mass is 35.5. The zero-order valence-electron chi connectivity index (χ0n) is 16.8. The lowest BCUT2D eigenvalue weighted by atomic mass is 10.2. The number of sulfonamides is 1. The molecule has 3 rings (SSSR count). The molecule has 1 heterocycles. The molecule has 0 bridgehead atoms. The predicted molar refractivity (Wildman–Crippen MR) is 115 cm³/mol. The third-order valence-electron chi connectivity index (χ3n) is 4.67. The van der Waals surface area contributed by atoms with Gasteiger partial charge in [-0.15, -0.1) is 0 Å². The van der Waals surface area contributed by atoms with E-state index in [9.17, 15) is 17.6 Å². The number of aryl methyl sites for hydroxylation is 2. The first-order valence-corrected chi connectivity index (χ1v) is 11.1. The van der Waals surface area contributed by atoms with Gasteiger partial charge in [-0.25, -0.2) is 22.1 Å². The lowest BCUT2D eigenvalue weighted by Gasteiger charge is -2.11. The SMILES string of the molecule is CCn1c(CCC(=O)Nc2ccc(Cl)cc2F)nc2cc(S(=O)(=O)N(C)C)ccc21. The zero-order chi connectivity index (χ0) is 22.1. The van der Waals surface area contributed by atoms with Crippen LogP contribution in [0.15, 0.2) is 41.3 Å². The molecule has 0 fully saturated rings. The van der Waals surface area contributed by atoms with Crippen LogP contribution in [-0.4, -0.2) is 42.3 Å². The molecule has 2 aromatic carbocycles. The van der Waals surface area contributed by atoms with Crippen LogP contribution in [0.4, 0.5) is 10.1 Å².